The molecule has 5 nitrogen and oxygen atoms in total. The fraction of sp³-hybridized carbons (Fsp3) is 0.286. The fourth-order valence-corrected chi connectivity index (χ4v) is 5.95. The maximum Gasteiger partial charge on any atom is 0.161 e. The molecule has 1 atom stereocenters. The lowest BCUT2D eigenvalue weighted by Gasteiger charge is -2.41. The molecular weight excluding hydrogens is 539 g/mol. The number of methoxy groups -OCH3 is 1. The fourth-order valence-electron chi connectivity index (χ4n) is 5.59. The van der Waals surface area contributed by atoms with E-state index in [0.29, 0.717) is 12.6 Å². The Morgan fingerprint density at radius 3 is 2.68 bits per heavy atom. The summed E-state index contributed by atoms with van der Waals surface area (Å²) in [6.45, 7) is 2.38. The third-order valence-corrected chi connectivity index (χ3v) is 8.01. The number of fused-ring (bicyclic) bond motifs is 6. The molecule has 6 rings (SSSR count). The van der Waals surface area contributed by atoms with Crippen LogP contribution >= 0.6 is 22.6 Å². The van der Waals surface area contributed by atoms with Gasteiger partial charge in [0, 0.05) is 33.8 Å². The van der Waals surface area contributed by atoms with Gasteiger partial charge >= 0.3 is 0 Å². The lowest BCUT2D eigenvalue weighted by atomic mass is 9.85. The van der Waals surface area contributed by atoms with Crippen molar-refractivity contribution in [3.63, 3.8) is 0 Å². The van der Waals surface area contributed by atoms with E-state index in [4.69, 9.17) is 9.47 Å². The van der Waals surface area contributed by atoms with Crippen LogP contribution in [0.3, 0.4) is 0 Å². The van der Waals surface area contributed by atoms with Crippen LogP contribution in [0.1, 0.15) is 34.0 Å². The van der Waals surface area contributed by atoms with Crippen LogP contribution in [-0.2, 0) is 32.7 Å². The molecule has 0 saturated carbocycles. The summed E-state index contributed by atoms with van der Waals surface area (Å²) in [5, 5.41) is 11.3. The lowest BCUT2D eigenvalue weighted by Crippen LogP contribution is -2.39. The Morgan fingerprint density at radius 2 is 1.88 bits per heavy atom. The number of aliphatic hydroxyl groups excluding tert-OH is 1. The van der Waals surface area contributed by atoms with Crippen molar-refractivity contribution in [3.8, 4) is 11.5 Å². The molecule has 1 N–H and O–H groups in total. The topological polar surface area (TPSA) is 46.9 Å². The summed E-state index contributed by atoms with van der Waals surface area (Å²) in [5.74, 6) is 1.59. The number of aromatic nitrogens is 1. The minimum Gasteiger partial charge on any atom is -0.493 e. The van der Waals surface area contributed by atoms with Gasteiger partial charge in [-0.25, -0.2) is 0 Å². The highest BCUT2D eigenvalue weighted by Gasteiger charge is 2.35. The second-order valence-electron chi connectivity index (χ2n) is 9.07. The first-order valence-corrected chi connectivity index (χ1v) is 12.8. The zero-order valence-electron chi connectivity index (χ0n) is 19.1. The summed E-state index contributed by atoms with van der Waals surface area (Å²) in [4.78, 5) is 2.54. The zero-order valence-corrected chi connectivity index (χ0v) is 21.3. The van der Waals surface area contributed by atoms with Gasteiger partial charge < -0.3 is 19.1 Å². The summed E-state index contributed by atoms with van der Waals surface area (Å²) < 4.78 is 15.3. The molecule has 0 bridgehead atoms. The maximum atomic E-state index is 10.1. The van der Waals surface area contributed by atoms with E-state index in [2.05, 4.69) is 86.7 Å². The summed E-state index contributed by atoms with van der Waals surface area (Å²) in [6, 6.07) is 21.5. The summed E-state index contributed by atoms with van der Waals surface area (Å²) in [7, 11) is 1.72. The third-order valence-electron chi connectivity index (χ3n) is 7.29. The molecule has 3 aromatic carbocycles. The summed E-state index contributed by atoms with van der Waals surface area (Å²) in [6.07, 6.45) is 1.91. The standard InChI is InChI=1S/C28H27IN2O3/c1-33-27-14-22-19(12-28(27)34-16-18-6-8-20(29)9-7-18)10-11-30-15-26-23(13-25(22)30)21-4-2-3-5-24(21)31(26)17-32/h2-9,12,14,25,32H,10-11,13,15-17H2,1H3. The van der Waals surface area contributed by atoms with E-state index in [9.17, 15) is 5.11 Å². The van der Waals surface area contributed by atoms with Crippen molar-refractivity contribution in [2.45, 2.75) is 38.8 Å². The highest BCUT2D eigenvalue weighted by Crippen LogP contribution is 2.44. The molecule has 4 aromatic rings. The van der Waals surface area contributed by atoms with Gasteiger partial charge in [0.15, 0.2) is 11.5 Å². The first kappa shape index (κ1) is 21.9. The van der Waals surface area contributed by atoms with Gasteiger partial charge in [-0.3, -0.25) is 4.90 Å². The molecule has 34 heavy (non-hydrogen) atoms. The maximum absolute atomic E-state index is 10.1. The van der Waals surface area contributed by atoms with E-state index >= 15 is 0 Å². The molecule has 1 unspecified atom stereocenters. The Labute approximate surface area is 213 Å². The first-order chi connectivity index (χ1) is 16.7. The highest BCUT2D eigenvalue weighted by atomic mass is 127. The van der Waals surface area contributed by atoms with Crippen LogP contribution in [0.5, 0.6) is 11.5 Å². The number of hydrogen-bond acceptors (Lipinski definition) is 4. The van der Waals surface area contributed by atoms with Crippen LogP contribution < -0.4 is 9.47 Å². The van der Waals surface area contributed by atoms with Gasteiger partial charge in [0.2, 0.25) is 0 Å². The lowest BCUT2D eigenvalue weighted by molar-refractivity contribution is 0.145. The van der Waals surface area contributed by atoms with Crippen molar-refractivity contribution >= 4 is 33.5 Å². The smallest absolute Gasteiger partial charge is 0.161 e. The van der Waals surface area contributed by atoms with Crippen LogP contribution in [-0.4, -0.2) is 28.2 Å². The molecule has 174 valence electrons. The van der Waals surface area contributed by atoms with Crippen LogP contribution in [0.15, 0.2) is 60.7 Å². The van der Waals surface area contributed by atoms with Gasteiger partial charge in [0.1, 0.15) is 13.3 Å². The minimum absolute atomic E-state index is 0.0139. The van der Waals surface area contributed by atoms with Crippen molar-refractivity contribution < 1.29 is 14.6 Å². The van der Waals surface area contributed by atoms with Crippen molar-refractivity contribution in [2.75, 3.05) is 13.7 Å². The van der Waals surface area contributed by atoms with Crippen molar-refractivity contribution in [1.29, 1.82) is 0 Å². The molecule has 0 aliphatic carbocycles. The average Bonchev–Trinajstić information content (AvgIpc) is 3.19. The monoisotopic (exact) mass is 566 g/mol. The zero-order chi connectivity index (χ0) is 23.2. The largest absolute Gasteiger partial charge is 0.493 e. The second-order valence-corrected chi connectivity index (χ2v) is 10.3. The van der Waals surface area contributed by atoms with Gasteiger partial charge in [-0.15, -0.1) is 0 Å². The first-order valence-electron chi connectivity index (χ1n) is 11.7. The summed E-state index contributed by atoms with van der Waals surface area (Å²) in [5.41, 5.74) is 7.54. The van der Waals surface area contributed by atoms with Gasteiger partial charge in [-0.2, -0.15) is 0 Å². The van der Waals surface area contributed by atoms with E-state index < -0.39 is 0 Å². The average molecular weight is 566 g/mol. The molecule has 0 amide bonds. The molecule has 0 fully saturated rings. The van der Waals surface area contributed by atoms with Crippen LogP contribution in [0.4, 0.5) is 0 Å². The van der Waals surface area contributed by atoms with Crippen LogP contribution in [0.25, 0.3) is 10.9 Å². The van der Waals surface area contributed by atoms with E-state index in [-0.39, 0.29) is 6.73 Å². The number of aliphatic hydroxyl groups is 1. The Morgan fingerprint density at radius 1 is 1.06 bits per heavy atom. The molecule has 6 heteroatoms. The Bertz CT molecular complexity index is 1360. The number of nitrogens with zero attached hydrogens (tertiary/aromatic N) is 2. The summed E-state index contributed by atoms with van der Waals surface area (Å²) >= 11 is 2.32. The molecule has 2 aliphatic heterocycles. The molecule has 3 heterocycles. The van der Waals surface area contributed by atoms with Crippen LogP contribution in [0.2, 0.25) is 0 Å². The predicted octanol–water partition coefficient (Wildman–Crippen LogP) is 5.44. The van der Waals surface area contributed by atoms with E-state index in [0.717, 1.165) is 48.5 Å². The molecule has 0 radical (unpaired) electrons. The van der Waals surface area contributed by atoms with Gasteiger partial charge in [-0.05, 0) is 88.0 Å². The number of benzene rings is 3. The predicted molar refractivity (Wildman–Crippen MR) is 141 cm³/mol. The van der Waals surface area contributed by atoms with Crippen molar-refractivity contribution in [2.24, 2.45) is 0 Å². The van der Waals surface area contributed by atoms with E-state index in [1.54, 1.807) is 7.11 Å². The Hall–Kier alpha value is -2.55. The molecule has 2 aliphatic rings. The molecular formula is C28H27IN2O3. The van der Waals surface area contributed by atoms with E-state index in [1.165, 1.54) is 31.3 Å². The molecule has 0 saturated heterocycles. The molecule has 1 aromatic heterocycles. The quantitative estimate of drug-likeness (QED) is 0.327. The number of para-hydroxylation sites is 1. The highest BCUT2D eigenvalue weighted by molar-refractivity contribution is 14.1. The van der Waals surface area contributed by atoms with Crippen LogP contribution in [0, 0.1) is 3.57 Å². The normalized spacial score (nSPS) is 17.2. The SMILES string of the molecule is COc1cc2c(cc1OCc1ccc(I)cc1)CCN1Cc3c(c4ccccc4n3CO)CC21. The van der Waals surface area contributed by atoms with Crippen molar-refractivity contribution in [1.82, 2.24) is 9.47 Å². The number of rotatable bonds is 5. The number of hydrogen-bond donors (Lipinski definition) is 1. The number of halogens is 1. The third kappa shape index (κ3) is 3.68. The second kappa shape index (κ2) is 8.91. The van der Waals surface area contributed by atoms with E-state index in [1.807, 2.05) is 6.07 Å². The Balaban J connectivity index is 1.34. The van der Waals surface area contributed by atoms with Gasteiger partial charge in [0.05, 0.1) is 12.6 Å². The van der Waals surface area contributed by atoms with Gasteiger partial charge in [-0.1, -0.05) is 30.3 Å². The molecule has 0 spiro atoms. The minimum atomic E-state index is 0.0139. The number of ether oxygens (including phenoxy) is 2. The van der Waals surface area contributed by atoms with Gasteiger partial charge in [0.25, 0.3) is 0 Å². The van der Waals surface area contributed by atoms with Crippen molar-refractivity contribution in [3.05, 3.63) is 92.2 Å². The Kier molecular flexibility index (Phi) is 5.75.